The zero-order valence-electron chi connectivity index (χ0n) is 11.5. The van der Waals surface area contributed by atoms with Crippen LogP contribution in [0.5, 0.6) is 0 Å². The van der Waals surface area contributed by atoms with Gasteiger partial charge in [0.25, 0.3) is 0 Å². The summed E-state index contributed by atoms with van der Waals surface area (Å²) < 4.78 is 21.9. The van der Waals surface area contributed by atoms with Crippen LogP contribution in [0.2, 0.25) is 0 Å². The monoisotopic (exact) mass is 294 g/mol. The average molecular weight is 294 g/mol. The number of carboxylic acid groups (broad SMARTS) is 1. The van der Waals surface area contributed by atoms with Gasteiger partial charge in [-0.1, -0.05) is 13.3 Å². The number of hydrogen-bond donors (Lipinski definition) is 2. The molecule has 8 heteroatoms. The summed E-state index contributed by atoms with van der Waals surface area (Å²) >= 11 is 0. The Morgan fingerprint density at radius 3 is 2.37 bits per heavy atom. The van der Waals surface area contributed by atoms with Crippen LogP contribution in [0.3, 0.4) is 0 Å². The second-order valence-electron chi connectivity index (χ2n) is 4.56. The molecule has 0 heterocycles. The van der Waals surface area contributed by atoms with Gasteiger partial charge in [0.1, 0.15) is 9.84 Å². The van der Waals surface area contributed by atoms with Gasteiger partial charge in [-0.15, -0.1) is 0 Å². The predicted molar refractivity (Wildman–Crippen MR) is 71.8 cm³/mol. The molecule has 1 unspecified atom stereocenters. The van der Waals surface area contributed by atoms with E-state index < -0.39 is 27.8 Å². The van der Waals surface area contributed by atoms with Gasteiger partial charge in [-0.2, -0.15) is 0 Å². The Balaban J connectivity index is 4.18. The van der Waals surface area contributed by atoms with Gasteiger partial charge >= 0.3 is 12.0 Å². The summed E-state index contributed by atoms with van der Waals surface area (Å²) in [5.41, 5.74) is 0. The minimum atomic E-state index is -3.12. The Morgan fingerprint density at radius 2 is 1.95 bits per heavy atom. The van der Waals surface area contributed by atoms with E-state index in [4.69, 9.17) is 5.11 Å². The lowest BCUT2D eigenvalue weighted by atomic mass is 10.0. The highest BCUT2D eigenvalue weighted by molar-refractivity contribution is 7.90. The average Bonchev–Trinajstić information content (AvgIpc) is 2.29. The third-order valence-electron chi connectivity index (χ3n) is 2.63. The first-order valence-electron chi connectivity index (χ1n) is 6.06. The number of nitrogens with zero attached hydrogens (tertiary/aromatic N) is 1. The number of sulfone groups is 1. The van der Waals surface area contributed by atoms with Crippen molar-refractivity contribution in [2.24, 2.45) is 5.92 Å². The maximum absolute atomic E-state index is 11.6. The third kappa shape index (κ3) is 8.41. The molecule has 0 aromatic rings. The van der Waals surface area contributed by atoms with Gasteiger partial charge in [0.05, 0.1) is 11.7 Å². The van der Waals surface area contributed by atoms with Gasteiger partial charge < -0.3 is 15.3 Å². The Bertz CT molecular complexity index is 407. The third-order valence-corrected chi connectivity index (χ3v) is 3.55. The van der Waals surface area contributed by atoms with E-state index in [-0.39, 0.29) is 18.8 Å². The minimum Gasteiger partial charge on any atom is -0.481 e. The van der Waals surface area contributed by atoms with Crippen LogP contribution in [0.1, 0.15) is 19.8 Å². The van der Waals surface area contributed by atoms with Crippen LogP contribution in [-0.2, 0) is 14.6 Å². The van der Waals surface area contributed by atoms with Gasteiger partial charge in [0.15, 0.2) is 0 Å². The van der Waals surface area contributed by atoms with Gasteiger partial charge in [0.2, 0.25) is 0 Å². The molecule has 0 aliphatic heterocycles. The number of nitrogens with one attached hydrogen (secondary N) is 1. The molecule has 2 amide bonds. The summed E-state index contributed by atoms with van der Waals surface area (Å²) in [5.74, 6) is -1.67. The largest absolute Gasteiger partial charge is 0.481 e. The predicted octanol–water partition coefficient (Wildman–Crippen LogP) is 0.173. The van der Waals surface area contributed by atoms with E-state index in [1.807, 2.05) is 6.92 Å². The molecule has 19 heavy (non-hydrogen) atoms. The molecular weight excluding hydrogens is 272 g/mol. The first kappa shape index (κ1) is 17.7. The zero-order valence-corrected chi connectivity index (χ0v) is 12.4. The van der Waals surface area contributed by atoms with Crippen molar-refractivity contribution in [2.45, 2.75) is 19.8 Å². The van der Waals surface area contributed by atoms with Crippen molar-refractivity contribution in [3.8, 4) is 0 Å². The lowest BCUT2D eigenvalue weighted by molar-refractivity contribution is -0.141. The first-order chi connectivity index (χ1) is 8.67. The van der Waals surface area contributed by atoms with E-state index in [9.17, 15) is 18.0 Å². The summed E-state index contributed by atoms with van der Waals surface area (Å²) in [6.45, 7) is 2.00. The SMILES string of the molecule is CCCC(CNC(=O)N(C)CCS(C)(=O)=O)C(=O)O. The number of urea groups is 1. The topological polar surface area (TPSA) is 104 Å². The van der Waals surface area contributed by atoms with Crippen LogP contribution in [0, 0.1) is 5.92 Å². The number of hydrogen-bond acceptors (Lipinski definition) is 4. The fourth-order valence-electron chi connectivity index (χ4n) is 1.41. The van der Waals surface area contributed by atoms with Crippen LogP contribution in [0.15, 0.2) is 0 Å². The van der Waals surface area contributed by atoms with E-state index >= 15 is 0 Å². The van der Waals surface area contributed by atoms with E-state index in [1.165, 1.54) is 11.9 Å². The molecule has 0 aromatic carbocycles. The summed E-state index contributed by atoms with van der Waals surface area (Å²) in [7, 11) is -1.65. The van der Waals surface area contributed by atoms with E-state index in [1.54, 1.807) is 0 Å². The van der Waals surface area contributed by atoms with Gasteiger partial charge in [0, 0.05) is 26.4 Å². The standard InChI is InChI=1S/C11H22N2O5S/c1-4-5-9(10(14)15)8-12-11(16)13(2)6-7-19(3,17)18/h9H,4-8H2,1-3H3,(H,12,16)(H,14,15). The highest BCUT2D eigenvalue weighted by atomic mass is 32.2. The fourth-order valence-corrected chi connectivity index (χ4v) is 2.02. The molecule has 0 aromatic heterocycles. The number of carbonyl (C=O) groups is 2. The highest BCUT2D eigenvalue weighted by Crippen LogP contribution is 2.05. The Labute approximate surface area is 113 Å². The molecule has 0 aliphatic carbocycles. The maximum Gasteiger partial charge on any atom is 0.317 e. The smallest absolute Gasteiger partial charge is 0.317 e. The normalized spacial score (nSPS) is 12.8. The molecule has 112 valence electrons. The lowest BCUT2D eigenvalue weighted by Crippen LogP contribution is -2.42. The van der Waals surface area contributed by atoms with Crippen LogP contribution in [-0.4, -0.2) is 62.6 Å². The van der Waals surface area contributed by atoms with Crippen LogP contribution >= 0.6 is 0 Å². The van der Waals surface area contributed by atoms with Crippen molar-refractivity contribution in [1.29, 1.82) is 0 Å². The van der Waals surface area contributed by atoms with Crippen LogP contribution in [0.4, 0.5) is 4.79 Å². The molecule has 0 fully saturated rings. The quantitative estimate of drug-likeness (QED) is 0.664. The number of carboxylic acids is 1. The second-order valence-corrected chi connectivity index (χ2v) is 6.82. The molecule has 0 spiro atoms. The van der Waals surface area contributed by atoms with Crippen molar-refractivity contribution < 1.29 is 23.1 Å². The van der Waals surface area contributed by atoms with Gasteiger partial charge in [-0.25, -0.2) is 13.2 Å². The molecule has 0 saturated heterocycles. The van der Waals surface area contributed by atoms with Crippen molar-refractivity contribution in [3.63, 3.8) is 0 Å². The lowest BCUT2D eigenvalue weighted by Gasteiger charge is -2.19. The fraction of sp³-hybridized carbons (Fsp3) is 0.818. The van der Waals surface area contributed by atoms with E-state index in [2.05, 4.69) is 5.32 Å². The van der Waals surface area contributed by atoms with Crippen molar-refractivity contribution in [2.75, 3.05) is 32.1 Å². The number of carbonyl (C=O) groups excluding carboxylic acids is 1. The molecule has 0 bridgehead atoms. The molecule has 0 aliphatic rings. The molecule has 0 saturated carbocycles. The molecule has 0 radical (unpaired) electrons. The maximum atomic E-state index is 11.6. The Kier molecular flexibility index (Phi) is 7.43. The summed E-state index contributed by atoms with van der Waals surface area (Å²) in [4.78, 5) is 23.7. The minimum absolute atomic E-state index is 0.0468. The summed E-state index contributed by atoms with van der Waals surface area (Å²) in [6, 6.07) is -0.467. The summed E-state index contributed by atoms with van der Waals surface area (Å²) in [6.07, 6.45) is 2.31. The molecule has 0 rings (SSSR count). The Morgan fingerprint density at radius 1 is 1.37 bits per heavy atom. The van der Waals surface area contributed by atoms with Crippen molar-refractivity contribution >= 4 is 21.8 Å². The second kappa shape index (κ2) is 7.98. The van der Waals surface area contributed by atoms with Crippen molar-refractivity contribution in [1.82, 2.24) is 10.2 Å². The zero-order chi connectivity index (χ0) is 15.1. The number of aliphatic carboxylic acids is 1. The highest BCUT2D eigenvalue weighted by Gasteiger charge is 2.18. The van der Waals surface area contributed by atoms with Gasteiger partial charge in [-0.3, -0.25) is 4.79 Å². The van der Waals surface area contributed by atoms with Crippen LogP contribution in [0.25, 0.3) is 0 Å². The first-order valence-corrected chi connectivity index (χ1v) is 8.13. The van der Waals surface area contributed by atoms with Crippen molar-refractivity contribution in [3.05, 3.63) is 0 Å². The summed E-state index contributed by atoms with van der Waals surface area (Å²) in [5, 5.41) is 11.4. The number of amides is 2. The molecule has 7 nitrogen and oxygen atoms in total. The molecule has 1 atom stereocenters. The number of rotatable bonds is 8. The Hall–Kier alpha value is -1.31. The van der Waals surface area contributed by atoms with Crippen LogP contribution < -0.4 is 5.32 Å². The molecular formula is C11H22N2O5S. The van der Waals surface area contributed by atoms with E-state index in [0.29, 0.717) is 6.42 Å². The molecule has 2 N–H and O–H groups in total. The van der Waals surface area contributed by atoms with E-state index in [0.717, 1.165) is 12.7 Å². The van der Waals surface area contributed by atoms with Gasteiger partial charge in [-0.05, 0) is 6.42 Å².